The molecule has 0 N–H and O–H groups in total. The Balaban J connectivity index is 1.56. The van der Waals surface area contributed by atoms with Gasteiger partial charge in [0.05, 0.1) is 39.0 Å². The Morgan fingerprint density at radius 3 is 2.38 bits per heavy atom. The minimum atomic E-state index is -0.660. The Kier molecular flexibility index (Phi) is 8.26. The lowest BCUT2D eigenvalue weighted by molar-refractivity contribution is -0.136. The number of allylic oxidation sites excluding steroid dienone is 1. The average molecular weight is 594 g/mol. The number of esters is 1. The molecule has 1 aliphatic rings. The van der Waals surface area contributed by atoms with Crippen LogP contribution < -0.4 is 19.6 Å². The van der Waals surface area contributed by atoms with Crippen molar-refractivity contribution < 1.29 is 14.3 Å². The molecule has 6 nitrogen and oxygen atoms in total. The molecule has 0 spiro atoms. The number of thiazole rings is 1. The second kappa shape index (κ2) is 11.8. The highest BCUT2D eigenvalue weighted by Gasteiger charge is 2.33. The molecule has 5 rings (SSSR count). The fourth-order valence-corrected chi connectivity index (χ4v) is 6.24. The predicted molar refractivity (Wildman–Crippen MR) is 159 cm³/mol. The number of aryl methyl sites for hydroxylation is 1. The summed E-state index contributed by atoms with van der Waals surface area (Å²) in [6.45, 7) is 4.26. The number of aromatic nitrogens is 1. The maximum absolute atomic E-state index is 13.8. The van der Waals surface area contributed by atoms with Crippen molar-refractivity contribution in [3.05, 3.63) is 130 Å². The Labute approximate surface area is 245 Å². The SMILES string of the molecule is CCC1=C(C(=O)OC)[C@H](c2ccccc2)n2c(s/c(=C\c3cc(Cl)c(OCc4ccc(C)cc4)c(Cl)c3)c2=O)=N1. The Morgan fingerprint density at radius 2 is 1.75 bits per heavy atom. The van der Waals surface area contributed by atoms with E-state index in [9.17, 15) is 9.59 Å². The van der Waals surface area contributed by atoms with E-state index in [2.05, 4.69) is 4.99 Å². The van der Waals surface area contributed by atoms with Crippen molar-refractivity contribution in [2.45, 2.75) is 32.9 Å². The Morgan fingerprint density at radius 1 is 1.07 bits per heavy atom. The van der Waals surface area contributed by atoms with E-state index in [-0.39, 0.29) is 5.56 Å². The van der Waals surface area contributed by atoms with Crippen LogP contribution in [0.1, 0.15) is 41.6 Å². The van der Waals surface area contributed by atoms with Crippen molar-refractivity contribution in [3.8, 4) is 5.75 Å². The highest BCUT2D eigenvalue weighted by molar-refractivity contribution is 7.07. The molecule has 1 aromatic heterocycles. The van der Waals surface area contributed by atoms with Gasteiger partial charge in [-0.3, -0.25) is 9.36 Å². The summed E-state index contributed by atoms with van der Waals surface area (Å²) >= 11 is 14.4. The quantitative estimate of drug-likeness (QED) is 0.247. The van der Waals surface area contributed by atoms with Crippen molar-refractivity contribution in [1.29, 1.82) is 0 Å². The lowest BCUT2D eigenvalue weighted by Gasteiger charge is -2.25. The van der Waals surface area contributed by atoms with Crippen LogP contribution in [0.25, 0.3) is 6.08 Å². The molecule has 0 saturated carbocycles. The van der Waals surface area contributed by atoms with E-state index in [1.54, 1.807) is 22.8 Å². The first-order valence-electron chi connectivity index (χ1n) is 12.7. The number of methoxy groups -OCH3 is 1. The molecule has 1 atom stereocenters. The van der Waals surface area contributed by atoms with Gasteiger partial charge in [-0.2, -0.15) is 0 Å². The maximum atomic E-state index is 13.8. The van der Waals surface area contributed by atoms with E-state index >= 15 is 0 Å². The van der Waals surface area contributed by atoms with Gasteiger partial charge in [-0.05, 0) is 48.2 Å². The first kappa shape index (κ1) is 27.9. The number of nitrogens with zero attached hydrogens (tertiary/aromatic N) is 2. The van der Waals surface area contributed by atoms with Crippen LogP contribution >= 0.6 is 34.5 Å². The summed E-state index contributed by atoms with van der Waals surface area (Å²) in [5, 5.41) is 0.670. The van der Waals surface area contributed by atoms with Gasteiger partial charge >= 0.3 is 5.97 Å². The summed E-state index contributed by atoms with van der Waals surface area (Å²) in [5.41, 5.74) is 4.26. The standard InChI is InChI=1S/C31H26Cl2N2O4S/c1-4-24-26(30(37)38-3)27(21-8-6-5-7-9-21)35-29(36)25(40-31(35)34-24)16-20-14-22(32)28(23(33)15-20)39-17-19-12-10-18(2)11-13-19/h5-16,27H,4,17H2,1-3H3/b25-16-/t27-/m0/s1. The minimum absolute atomic E-state index is 0.277. The van der Waals surface area contributed by atoms with Crippen LogP contribution in [0.5, 0.6) is 5.75 Å². The summed E-state index contributed by atoms with van der Waals surface area (Å²) in [6.07, 6.45) is 2.23. The molecule has 0 radical (unpaired) electrons. The number of benzene rings is 3. The smallest absolute Gasteiger partial charge is 0.338 e. The van der Waals surface area contributed by atoms with Gasteiger partial charge in [-0.15, -0.1) is 0 Å². The molecule has 0 unspecified atom stereocenters. The van der Waals surface area contributed by atoms with Gasteiger partial charge in [0.25, 0.3) is 5.56 Å². The molecular formula is C31H26Cl2N2O4S. The molecule has 0 aliphatic carbocycles. The van der Waals surface area contributed by atoms with E-state index in [0.29, 0.717) is 55.0 Å². The van der Waals surface area contributed by atoms with Crippen LogP contribution in [0.15, 0.2) is 87.8 Å². The molecule has 4 aromatic rings. The van der Waals surface area contributed by atoms with Gasteiger partial charge in [0.1, 0.15) is 6.61 Å². The normalized spacial score (nSPS) is 15.0. The third-order valence-corrected chi connectivity index (χ3v) is 8.13. The fraction of sp³-hybridized carbons (Fsp3) is 0.194. The van der Waals surface area contributed by atoms with Crippen LogP contribution in [0, 0.1) is 6.92 Å². The molecule has 3 aromatic carbocycles. The average Bonchev–Trinajstić information content (AvgIpc) is 3.26. The van der Waals surface area contributed by atoms with Crippen molar-refractivity contribution in [1.82, 2.24) is 4.57 Å². The number of carbonyl (C=O) groups is 1. The number of carbonyl (C=O) groups excluding carboxylic acids is 1. The summed E-state index contributed by atoms with van der Waals surface area (Å²) < 4.78 is 13.0. The molecule has 0 saturated heterocycles. The lowest BCUT2D eigenvalue weighted by Crippen LogP contribution is -2.40. The summed E-state index contributed by atoms with van der Waals surface area (Å²) in [6, 6.07) is 20.2. The molecule has 9 heteroatoms. The van der Waals surface area contributed by atoms with Crippen LogP contribution in [0.4, 0.5) is 0 Å². The zero-order valence-corrected chi connectivity index (χ0v) is 24.4. The molecule has 0 fully saturated rings. The van der Waals surface area contributed by atoms with Crippen molar-refractivity contribution in [2.24, 2.45) is 4.99 Å². The molecule has 2 heterocycles. The van der Waals surface area contributed by atoms with Crippen molar-refractivity contribution in [2.75, 3.05) is 7.11 Å². The van der Waals surface area contributed by atoms with E-state index in [1.165, 1.54) is 18.4 Å². The molecule has 204 valence electrons. The van der Waals surface area contributed by atoms with Crippen LogP contribution in [0.2, 0.25) is 10.0 Å². The third kappa shape index (κ3) is 5.50. The molecule has 40 heavy (non-hydrogen) atoms. The number of halogens is 2. The molecule has 0 amide bonds. The van der Waals surface area contributed by atoms with Crippen LogP contribution in [0.3, 0.4) is 0 Å². The van der Waals surface area contributed by atoms with Gasteiger partial charge in [-0.25, -0.2) is 9.79 Å². The largest absolute Gasteiger partial charge is 0.486 e. The molecule has 1 aliphatic heterocycles. The predicted octanol–water partition coefficient (Wildman–Crippen LogP) is 5.99. The third-order valence-electron chi connectivity index (χ3n) is 6.59. The Bertz CT molecular complexity index is 1770. The minimum Gasteiger partial charge on any atom is -0.486 e. The van der Waals surface area contributed by atoms with Crippen LogP contribution in [-0.2, 0) is 16.1 Å². The number of rotatable bonds is 7. The van der Waals surface area contributed by atoms with Gasteiger partial charge in [-0.1, -0.05) is 102 Å². The lowest BCUT2D eigenvalue weighted by atomic mass is 9.95. The number of ether oxygens (including phenoxy) is 2. The second-order valence-electron chi connectivity index (χ2n) is 9.29. The molecule has 0 bridgehead atoms. The van der Waals surface area contributed by atoms with E-state index in [4.69, 9.17) is 32.7 Å². The van der Waals surface area contributed by atoms with E-state index in [0.717, 1.165) is 16.7 Å². The highest BCUT2D eigenvalue weighted by atomic mass is 35.5. The Hall–Kier alpha value is -3.65. The monoisotopic (exact) mass is 592 g/mol. The number of hydrogen-bond acceptors (Lipinski definition) is 6. The van der Waals surface area contributed by atoms with Crippen molar-refractivity contribution >= 4 is 46.6 Å². The van der Waals surface area contributed by atoms with Gasteiger partial charge in [0.2, 0.25) is 0 Å². The maximum Gasteiger partial charge on any atom is 0.338 e. The number of fused-ring (bicyclic) bond motifs is 1. The topological polar surface area (TPSA) is 69.9 Å². The van der Waals surface area contributed by atoms with E-state index in [1.807, 2.05) is 68.4 Å². The first-order valence-corrected chi connectivity index (χ1v) is 14.2. The molecular weight excluding hydrogens is 567 g/mol. The number of hydrogen-bond donors (Lipinski definition) is 0. The zero-order valence-electron chi connectivity index (χ0n) is 22.1. The summed E-state index contributed by atoms with van der Waals surface area (Å²) in [4.78, 5) is 31.9. The van der Waals surface area contributed by atoms with Gasteiger partial charge in [0.15, 0.2) is 10.6 Å². The second-order valence-corrected chi connectivity index (χ2v) is 11.1. The van der Waals surface area contributed by atoms with Crippen LogP contribution in [-0.4, -0.2) is 17.6 Å². The van der Waals surface area contributed by atoms with Gasteiger partial charge in [0, 0.05) is 0 Å². The zero-order chi connectivity index (χ0) is 28.4. The van der Waals surface area contributed by atoms with E-state index < -0.39 is 12.0 Å². The summed E-state index contributed by atoms with van der Waals surface area (Å²) in [7, 11) is 1.33. The van der Waals surface area contributed by atoms with Gasteiger partial charge < -0.3 is 9.47 Å². The highest BCUT2D eigenvalue weighted by Crippen LogP contribution is 2.35. The first-order chi connectivity index (χ1) is 19.3. The summed E-state index contributed by atoms with van der Waals surface area (Å²) in [5.74, 6) is -0.134. The fourth-order valence-electron chi connectivity index (χ4n) is 4.61. The van der Waals surface area contributed by atoms with Crippen molar-refractivity contribution in [3.63, 3.8) is 0 Å².